The average molecular weight is 487 g/mol. The van der Waals surface area contributed by atoms with Crippen LogP contribution in [0.15, 0.2) is 45.9 Å². The van der Waals surface area contributed by atoms with E-state index >= 15 is 0 Å². The molecular weight excluding hydrogens is 460 g/mol. The van der Waals surface area contributed by atoms with Crippen molar-refractivity contribution in [2.75, 3.05) is 7.11 Å². The first-order valence-electron chi connectivity index (χ1n) is 10.1. The molecule has 1 heterocycles. The van der Waals surface area contributed by atoms with Crippen LogP contribution in [0.2, 0.25) is 0 Å². The second-order valence-electron chi connectivity index (χ2n) is 7.22. The zero-order chi connectivity index (χ0) is 21.8. The highest BCUT2D eigenvalue weighted by atomic mass is 79.9. The van der Waals surface area contributed by atoms with Crippen LogP contribution in [0, 0.1) is 13.8 Å². The molecule has 0 aliphatic carbocycles. The van der Waals surface area contributed by atoms with Crippen LogP contribution in [-0.4, -0.2) is 17.6 Å². The van der Waals surface area contributed by atoms with Gasteiger partial charge in [-0.2, -0.15) is 4.99 Å². The van der Waals surface area contributed by atoms with Gasteiger partial charge in [0, 0.05) is 17.0 Å². The number of carbonyl (C=O) groups is 1. The fourth-order valence-electron chi connectivity index (χ4n) is 3.39. The van der Waals surface area contributed by atoms with Crippen molar-refractivity contribution in [3.8, 4) is 17.0 Å². The summed E-state index contributed by atoms with van der Waals surface area (Å²) >= 11 is 5.06. The predicted molar refractivity (Wildman–Crippen MR) is 127 cm³/mol. The molecule has 0 N–H and O–H groups in total. The molecule has 0 atom stereocenters. The third-order valence-electron chi connectivity index (χ3n) is 5.15. The summed E-state index contributed by atoms with van der Waals surface area (Å²) in [6.45, 7) is 9.29. The predicted octanol–water partition coefficient (Wildman–Crippen LogP) is 6.32. The second-order valence-corrected chi connectivity index (χ2v) is 9.13. The lowest BCUT2D eigenvalue weighted by molar-refractivity contribution is 0.0997. The quantitative estimate of drug-likeness (QED) is 0.409. The number of halogens is 1. The van der Waals surface area contributed by atoms with Gasteiger partial charge in [0.25, 0.3) is 5.91 Å². The molecule has 0 saturated carbocycles. The van der Waals surface area contributed by atoms with Crippen molar-refractivity contribution in [1.29, 1.82) is 0 Å². The molecule has 0 bridgehead atoms. The summed E-state index contributed by atoms with van der Waals surface area (Å²) in [5.74, 6) is 0.435. The molecule has 0 unspecified atom stereocenters. The van der Waals surface area contributed by atoms with E-state index in [0.29, 0.717) is 11.3 Å². The Hall–Kier alpha value is -2.18. The van der Waals surface area contributed by atoms with Gasteiger partial charge in [-0.25, -0.2) is 0 Å². The minimum Gasteiger partial charge on any atom is -0.496 e. The summed E-state index contributed by atoms with van der Waals surface area (Å²) in [6.07, 6.45) is 2.01. The highest BCUT2D eigenvalue weighted by molar-refractivity contribution is 9.10. The van der Waals surface area contributed by atoms with Gasteiger partial charge in [0.2, 0.25) is 0 Å². The lowest BCUT2D eigenvalue weighted by atomic mass is 10.0. The minimum atomic E-state index is -0.253. The standard InChI is InChI=1S/C24H27BrN2O2S/c1-6-8-21-22(17-10-9-15(3)16(4)13-17)27(7-2)24(30-21)26-23(28)18-11-12-20(29-5)19(25)14-18/h9-14H,6-8H2,1-5H3. The lowest BCUT2D eigenvalue weighted by Gasteiger charge is -2.11. The number of aromatic nitrogens is 1. The molecule has 0 saturated heterocycles. The van der Waals surface area contributed by atoms with Gasteiger partial charge in [-0.05, 0) is 84.1 Å². The van der Waals surface area contributed by atoms with E-state index in [2.05, 4.69) is 71.4 Å². The van der Waals surface area contributed by atoms with E-state index in [1.165, 1.54) is 27.3 Å². The summed E-state index contributed by atoms with van der Waals surface area (Å²) in [7, 11) is 1.60. The molecule has 0 spiro atoms. The molecule has 0 aliphatic rings. The Morgan fingerprint density at radius 3 is 2.50 bits per heavy atom. The molecule has 0 radical (unpaired) electrons. The van der Waals surface area contributed by atoms with Gasteiger partial charge >= 0.3 is 0 Å². The van der Waals surface area contributed by atoms with Crippen LogP contribution < -0.4 is 9.54 Å². The molecule has 0 fully saturated rings. The number of amides is 1. The van der Waals surface area contributed by atoms with Gasteiger partial charge in [0.1, 0.15) is 5.75 Å². The van der Waals surface area contributed by atoms with Crippen molar-refractivity contribution in [3.63, 3.8) is 0 Å². The summed E-state index contributed by atoms with van der Waals surface area (Å²) in [5, 5.41) is 0. The van der Waals surface area contributed by atoms with Gasteiger partial charge < -0.3 is 9.30 Å². The number of hydrogen-bond donors (Lipinski definition) is 0. The molecule has 4 nitrogen and oxygen atoms in total. The minimum absolute atomic E-state index is 0.253. The van der Waals surface area contributed by atoms with Crippen molar-refractivity contribution in [2.24, 2.45) is 4.99 Å². The van der Waals surface area contributed by atoms with Gasteiger partial charge in [-0.3, -0.25) is 4.79 Å². The summed E-state index contributed by atoms with van der Waals surface area (Å²) in [6, 6.07) is 11.8. The second kappa shape index (κ2) is 9.75. The van der Waals surface area contributed by atoms with Crippen molar-refractivity contribution >= 4 is 33.2 Å². The Balaban J connectivity index is 2.14. The number of ether oxygens (including phenoxy) is 1. The zero-order valence-electron chi connectivity index (χ0n) is 18.1. The van der Waals surface area contributed by atoms with Gasteiger partial charge in [-0.1, -0.05) is 25.5 Å². The van der Waals surface area contributed by atoms with Gasteiger partial charge in [-0.15, -0.1) is 11.3 Å². The van der Waals surface area contributed by atoms with Crippen LogP contribution in [0.25, 0.3) is 11.3 Å². The third-order valence-corrected chi connectivity index (χ3v) is 6.91. The molecule has 3 rings (SSSR count). The topological polar surface area (TPSA) is 43.6 Å². The number of carbonyl (C=O) groups excluding carboxylic acids is 1. The number of rotatable bonds is 6. The molecule has 1 aromatic heterocycles. The van der Waals surface area contributed by atoms with Crippen LogP contribution in [0.1, 0.15) is 46.6 Å². The van der Waals surface area contributed by atoms with Crippen LogP contribution >= 0.6 is 27.3 Å². The summed E-state index contributed by atoms with van der Waals surface area (Å²) in [4.78, 5) is 19.4. The van der Waals surface area contributed by atoms with E-state index in [1.807, 2.05) is 0 Å². The fraction of sp³-hybridized carbons (Fsp3) is 0.333. The van der Waals surface area contributed by atoms with E-state index in [9.17, 15) is 4.79 Å². The van der Waals surface area contributed by atoms with Crippen LogP contribution in [0.4, 0.5) is 0 Å². The largest absolute Gasteiger partial charge is 0.496 e. The maximum atomic E-state index is 12.9. The number of nitrogens with zero attached hydrogens (tertiary/aromatic N) is 2. The first kappa shape index (κ1) is 22.5. The average Bonchev–Trinajstić information content (AvgIpc) is 3.07. The Morgan fingerprint density at radius 2 is 1.90 bits per heavy atom. The molecule has 3 aromatic rings. The number of hydrogen-bond acceptors (Lipinski definition) is 3. The van der Waals surface area contributed by atoms with Crippen molar-refractivity contribution in [1.82, 2.24) is 4.57 Å². The Morgan fingerprint density at radius 1 is 1.13 bits per heavy atom. The maximum absolute atomic E-state index is 12.9. The van der Waals surface area contributed by atoms with Gasteiger partial charge in [0.05, 0.1) is 17.3 Å². The molecule has 30 heavy (non-hydrogen) atoms. The molecular formula is C24H27BrN2O2S. The van der Waals surface area contributed by atoms with E-state index in [1.54, 1.807) is 36.6 Å². The number of thiazole rings is 1. The highest BCUT2D eigenvalue weighted by Gasteiger charge is 2.16. The van der Waals surface area contributed by atoms with Gasteiger partial charge in [0.15, 0.2) is 4.80 Å². The van der Waals surface area contributed by atoms with E-state index in [4.69, 9.17) is 4.74 Å². The molecule has 1 amide bonds. The van der Waals surface area contributed by atoms with Crippen molar-refractivity contribution in [3.05, 3.63) is 67.2 Å². The number of benzene rings is 2. The van der Waals surface area contributed by atoms with Crippen LogP contribution in [0.5, 0.6) is 5.75 Å². The highest BCUT2D eigenvalue weighted by Crippen LogP contribution is 2.29. The Kier molecular flexibility index (Phi) is 7.32. The smallest absolute Gasteiger partial charge is 0.279 e. The molecule has 2 aromatic carbocycles. The molecule has 158 valence electrons. The van der Waals surface area contributed by atoms with Crippen LogP contribution in [0.3, 0.4) is 0 Å². The molecule has 0 aliphatic heterocycles. The normalized spacial score (nSPS) is 11.7. The van der Waals surface area contributed by atoms with E-state index in [0.717, 1.165) is 28.7 Å². The first-order chi connectivity index (χ1) is 14.4. The summed E-state index contributed by atoms with van der Waals surface area (Å²) in [5.41, 5.74) is 5.43. The lowest BCUT2D eigenvalue weighted by Crippen LogP contribution is -2.17. The SMILES string of the molecule is CCCc1sc(=NC(=O)c2ccc(OC)c(Br)c2)n(CC)c1-c1ccc(C)c(C)c1. The Labute approximate surface area is 190 Å². The van der Waals surface area contributed by atoms with Crippen molar-refractivity contribution < 1.29 is 9.53 Å². The maximum Gasteiger partial charge on any atom is 0.279 e. The first-order valence-corrected chi connectivity index (χ1v) is 11.7. The summed E-state index contributed by atoms with van der Waals surface area (Å²) < 4.78 is 8.16. The fourth-order valence-corrected chi connectivity index (χ4v) is 5.24. The number of aryl methyl sites for hydroxylation is 3. The number of methoxy groups -OCH3 is 1. The van der Waals surface area contributed by atoms with Crippen molar-refractivity contribution in [2.45, 2.75) is 47.1 Å². The van der Waals surface area contributed by atoms with E-state index < -0.39 is 0 Å². The molecule has 6 heteroatoms. The Bertz CT molecular complexity index is 1140. The third kappa shape index (κ3) is 4.60. The zero-order valence-corrected chi connectivity index (χ0v) is 20.5. The monoisotopic (exact) mass is 486 g/mol. The van der Waals surface area contributed by atoms with Crippen LogP contribution in [-0.2, 0) is 13.0 Å². The van der Waals surface area contributed by atoms with E-state index in [-0.39, 0.29) is 5.91 Å².